The summed E-state index contributed by atoms with van der Waals surface area (Å²) >= 11 is 3.30. The number of amides is 3. The average molecular weight is 398 g/mol. The van der Waals surface area contributed by atoms with Gasteiger partial charge in [-0.05, 0) is 53.4 Å². The molecule has 3 amide bonds. The van der Waals surface area contributed by atoms with E-state index >= 15 is 0 Å². The van der Waals surface area contributed by atoms with Crippen molar-refractivity contribution in [2.45, 2.75) is 19.3 Å². The fourth-order valence-electron chi connectivity index (χ4n) is 3.22. The Morgan fingerprint density at radius 3 is 2.12 bits per heavy atom. The van der Waals surface area contributed by atoms with Crippen molar-refractivity contribution in [1.29, 1.82) is 0 Å². The largest absolute Gasteiger partial charge is 0.335 e. The molecule has 2 fully saturated rings. The molecule has 24 heavy (non-hydrogen) atoms. The SMILES string of the molecule is O=C(c1cc(F)ccc1Br)N1CCN(C(=O)N2CCCCC2)CC1. The number of carbonyl (C=O) groups is 2. The number of benzene rings is 1. The molecule has 130 valence electrons. The van der Waals surface area contributed by atoms with Crippen LogP contribution in [0.15, 0.2) is 22.7 Å². The zero-order chi connectivity index (χ0) is 17.1. The summed E-state index contributed by atoms with van der Waals surface area (Å²) in [6.45, 7) is 3.65. The van der Waals surface area contributed by atoms with Crippen molar-refractivity contribution in [2.24, 2.45) is 0 Å². The number of piperidine rings is 1. The Morgan fingerprint density at radius 2 is 1.46 bits per heavy atom. The molecule has 2 heterocycles. The minimum absolute atomic E-state index is 0.0775. The Balaban J connectivity index is 1.59. The summed E-state index contributed by atoms with van der Waals surface area (Å²) in [5, 5.41) is 0. The fourth-order valence-corrected chi connectivity index (χ4v) is 3.63. The van der Waals surface area contributed by atoms with Gasteiger partial charge in [0.2, 0.25) is 0 Å². The molecule has 2 aliphatic heterocycles. The first-order chi connectivity index (χ1) is 11.6. The molecule has 0 atom stereocenters. The van der Waals surface area contributed by atoms with Crippen LogP contribution in [0.2, 0.25) is 0 Å². The van der Waals surface area contributed by atoms with Gasteiger partial charge < -0.3 is 14.7 Å². The minimum Gasteiger partial charge on any atom is -0.335 e. The Hall–Kier alpha value is -1.63. The van der Waals surface area contributed by atoms with Gasteiger partial charge in [-0.15, -0.1) is 0 Å². The molecule has 2 aliphatic rings. The zero-order valence-electron chi connectivity index (χ0n) is 13.5. The van der Waals surface area contributed by atoms with E-state index in [4.69, 9.17) is 0 Å². The third-order valence-corrected chi connectivity index (χ3v) is 5.31. The summed E-state index contributed by atoms with van der Waals surface area (Å²) in [5.74, 6) is -0.632. The standard InChI is InChI=1S/C17H21BrFN3O2/c18-15-5-4-13(19)12-14(15)16(23)20-8-10-22(11-9-20)17(24)21-6-2-1-3-7-21/h4-5,12H,1-3,6-11H2. The molecule has 0 N–H and O–H groups in total. The number of halogens is 2. The molecule has 0 aromatic heterocycles. The van der Waals surface area contributed by atoms with Crippen molar-refractivity contribution < 1.29 is 14.0 Å². The Labute approximate surface area is 149 Å². The molecule has 0 radical (unpaired) electrons. The second kappa shape index (κ2) is 7.51. The van der Waals surface area contributed by atoms with Gasteiger partial charge in [0.05, 0.1) is 5.56 Å². The van der Waals surface area contributed by atoms with Crippen molar-refractivity contribution in [3.8, 4) is 0 Å². The molecule has 3 rings (SSSR count). The molecular formula is C17H21BrFN3O2. The number of urea groups is 1. The maximum Gasteiger partial charge on any atom is 0.320 e. The third-order valence-electron chi connectivity index (χ3n) is 4.62. The lowest BCUT2D eigenvalue weighted by Gasteiger charge is -2.38. The molecule has 0 aliphatic carbocycles. The van der Waals surface area contributed by atoms with Crippen molar-refractivity contribution in [2.75, 3.05) is 39.3 Å². The molecule has 2 saturated heterocycles. The summed E-state index contributed by atoms with van der Waals surface area (Å²) < 4.78 is 14.0. The Morgan fingerprint density at radius 1 is 0.875 bits per heavy atom. The fraction of sp³-hybridized carbons (Fsp3) is 0.529. The van der Waals surface area contributed by atoms with Crippen molar-refractivity contribution in [3.05, 3.63) is 34.1 Å². The van der Waals surface area contributed by atoms with Crippen LogP contribution >= 0.6 is 15.9 Å². The molecule has 0 saturated carbocycles. The van der Waals surface area contributed by atoms with Gasteiger partial charge in [0.25, 0.3) is 5.91 Å². The summed E-state index contributed by atoms with van der Waals surface area (Å²) in [4.78, 5) is 30.5. The van der Waals surface area contributed by atoms with Gasteiger partial charge in [-0.2, -0.15) is 0 Å². The van der Waals surface area contributed by atoms with E-state index in [9.17, 15) is 14.0 Å². The van der Waals surface area contributed by atoms with Gasteiger partial charge in [-0.25, -0.2) is 9.18 Å². The predicted octanol–water partition coefficient (Wildman–Crippen LogP) is 2.95. The number of hydrogen-bond acceptors (Lipinski definition) is 2. The van der Waals surface area contributed by atoms with Crippen molar-refractivity contribution >= 4 is 27.9 Å². The van der Waals surface area contributed by atoms with Crippen LogP contribution in [0.25, 0.3) is 0 Å². The van der Waals surface area contributed by atoms with Crippen molar-refractivity contribution in [3.63, 3.8) is 0 Å². The molecular weight excluding hydrogens is 377 g/mol. The number of carbonyl (C=O) groups excluding carboxylic acids is 2. The highest BCUT2D eigenvalue weighted by Gasteiger charge is 2.28. The predicted molar refractivity (Wildman–Crippen MR) is 92.4 cm³/mol. The smallest absolute Gasteiger partial charge is 0.320 e. The van der Waals surface area contributed by atoms with Crippen LogP contribution in [0.5, 0.6) is 0 Å². The normalized spacial score (nSPS) is 18.7. The lowest BCUT2D eigenvalue weighted by molar-refractivity contribution is 0.0631. The molecule has 5 nitrogen and oxygen atoms in total. The van der Waals surface area contributed by atoms with E-state index < -0.39 is 5.82 Å². The van der Waals surface area contributed by atoms with Gasteiger partial charge in [-0.1, -0.05) is 0 Å². The quantitative estimate of drug-likeness (QED) is 0.730. The lowest BCUT2D eigenvalue weighted by Crippen LogP contribution is -2.54. The highest BCUT2D eigenvalue weighted by atomic mass is 79.9. The minimum atomic E-state index is -0.430. The van der Waals surface area contributed by atoms with Gasteiger partial charge >= 0.3 is 6.03 Å². The monoisotopic (exact) mass is 397 g/mol. The summed E-state index contributed by atoms with van der Waals surface area (Å²) in [6.07, 6.45) is 3.32. The van der Waals surface area contributed by atoms with E-state index in [-0.39, 0.29) is 11.9 Å². The van der Waals surface area contributed by atoms with Gasteiger partial charge in [-0.3, -0.25) is 4.79 Å². The number of piperazine rings is 1. The molecule has 1 aromatic carbocycles. The first kappa shape index (κ1) is 17.2. The van der Waals surface area contributed by atoms with Crippen LogP contribution in [0, 0.1) is 5.82 Å². The highest BCUT2D eigenvalue weighted by molar-refractivity contribution is 9.10. The number of rotatable bonds is 1. The molecule has 0 unspecified atom stereocenters. The van der Waals surface area contributed by atoms with Crippen LogP contribution in [0.4, 0.5) is 9.18 Å². The third kappa shape index (κ3) is 3.71. The van der Waals surface area contributed by atoms with Gasteiger partial charge in [0.1, 0.15) is 5.82 Å². The second-order valence-electron chi connectivity index (χ2n) is 6.23. The number of nitrogens with zero attached hydrogens (tertiary/aromatic N) is 3. The Bertz CT molecular complexity index is 626. The van der Waals surface area contributed by atoms with Crippen LogP contribution in [-0.2, 0) is 0 Å². The average Bonchev–Trinajstić information content (AvgIpc) is 2.63. The van der Waals surface area contributed by atoms with E-state index in [0.29, 0.717) is 36.2 Å². The van der Waals surface area contributed by atoms with E-state index in [1.807, 2.05) is 9.80 Å². The van der Waals surface area contributed by atoms with Gasteiger partial charge in [0.15, 0.2) is 0 Å². The molecule has 0 spiro atoms. The number of hydrogen-bond donors (Lipinski definition) is 0. The first-order valence-electron chi connectivity index (χ1n) is 8.34. The molecule has 1 aromatic rings. The molecule has 0 bridgehead atoms. The summed E-state index contributed by atoms with van der Waals surface area (Å²) in [6, 6.07) is 4.18. The van der Waals surface area contributed by atoms with E-state index in [2.05, 4.69) is 15.9 Å². The number of likely N-dealkylation sites (tertiary alicyclic amines) is 1. The van der Waals surface area contributed by atoms with Gasteiger partial charge in [0, 0.05) is 43.7 Å². The summed E-state index contributed by atoms with van der Waals surface area (Å²) in [5.41, 5.74) is 0.325. The van der Waals surface area contributed by atoms with Crippen LogP contribution in [0.1, 0.15) is 29.6 Å². The van der Waals surface area contributed by atoms with Crippen molar-refractivity contribution in [1.82, 2.24) is 14.7 Å². The van der Waals surface area contributed by atoms with E-state index in [1.54, 1.807) is 11.0 Å². The highest BCUT2D eigenvalue weighted by Crippen LogP contribution is 2.21. The van der Waals surface area contributed by atoms with E-state index in [1.165, 1.54) is 18.6 Å². The summed E-state index contributed by atoms with van der Waals surface area (Å²) in [7, 11) is 0. The lowest BCUT2D eigenvalue weighted by atomic mass is 10.1. The Kier molecular flexibility index (Phi) is 5.38. The maximum atomic E-state index is 13.4. The first-order valence-corrected chi connectivity index (χ1v) is 9.14. The van der Waals surface area contributed by atoms with E-state index in [0.717, 1.165) is 25.9 Å². The maximum absolute atomic E-state index is 13.4. The topological polar surface area (TPSA) is 43.9 Å². The van der Waals surface area contributed by atoms with Crippen LogP contribution in [-0.4, -0.2) is 65.9 Å². The van der Waals surface area contributed by atoms with Crippen LogP contribution < -0.4 is 0 Å². The van der Waals surface area contributed by atoms with Crippen LogP contribution in [0.3, 0.4) is 0 Å². The zero-order valence-corrected chi connectivity index (χ0v) is 15.1. The second-order valence-corrected chi connectivity index (χ2v) is 7.09. The molecule has 7 heteroatoms.